The van der Waals surface area contributed by atoms with Crippen LogP contribution < -0.4 is 20.9 Å². The highest BCUT2D eigenvalue weighted by molar-refractivity contribution is 5.49. The molecule has 1 aliphatic rings. The predicted molar refractivity (Wildman–Crippen MR) is 48.5 cm³/mol. The maximum atomic E-state index is 5.81. The maximum Gasteiger partial charge on any atom is 0.231 e. The van der Waals surface area contributed by atoms with E-state index in [2.05, 4.69) is 0 Å². The molecule has 0 spiro atoms. The van der Waals surface area contributed by atoms with Crippen LogP contribution in [-0.2, 0) is 0 Å². The lowest BCUT2D eigenvalue weighted by molar-refractivity contribution is 0.173. The van der Waals surface area contributed by atoms with Gasteiger partial charge in [-0.2, -0.15) is 0 Å². The molecule has 1 aliphatic heterocycles. The molecule has 2 rings (SSSR count). The second kappa shape index (κ2) is 3.24. The number of rotatable bonds is 2. The third-order valence-electron chi connectivity index (χ3n) is 2.08. The van der Waals surface area contributed by atoms with Crippen molar-refractivity contribution in [1.82, 2.24) is 0 Å². The van der Waals surface area contributed by atoms with Gasteiger partial charge in [0.1, 0.15) is 0 Å². The van der Waals surface area contributed by atoms with Crippen LogP contribution in [0, 0.1) is 0 Å². The summed E-state index contributed by atoms with van der Waals surface area (Å²) in [6.45, 7) is 0.670. The Hall–Kier alpha value is -1.26. The molecule has 4 nitrogen and oxygen atoms in total. The van der Waals surface area contributed by atoms with E-state index in [-0.39, 0.29) is 12.8 Å². The van der Waals surface area contributed by atoms with Crippen LogP contribution in [0.4, 0.5) is 0 Å². The van der Waals surface area contributed by atoms with E-state index in [4.69, 9.17) is 20.9 Å². The molecule has 70 valence electrons. The molecule has 1 aromatic carbocycles. The summed E-state index contributed by atoms with van der Waals surface area (Å²) in [5, 5.41) is 0. The minimum atomic E-state index is -0.184. The lowest BCUT2D eigenvalue weighted by Crippen LogP contribution is -2.21. The molecule has 0 amide bonds. The van der Waals surface area contributed by atoms with E-state index >= 15 is 0 Å². The fourth-order valence-electron chi connectivity index (χ4n) is 1.37. The van der Waals surface area contributed by atoms with Crippen molar-refractivity contribution in [2.75, 3.05) is 13.3 Å². The number of ether oxygens (including phenoxy) is 2. The number of nitrogens with two attached hydrogens (primary N) is 2. The van der Waals surface area contributed by atoms with Gasteiger partial charge in [0.25, 0.3) is 0 Å². The number of fused-ring (bicyclic) bond motifs is 1. The largest absolute Gasteiger partial charge is 0.454 e. The van der Waals surface area contributed by atoms with E-state index < -0.39 is 0 Å². The van der Waals surface area contributed by atoms with Gasteiger partial charge >= 0.3 is 0 Å². The quantitative estimate of drug-likeness (QED) is 0.690. The van der Waals surface area contributed by atoms with Crippen LogP contribution in [-0.4, -0.2) is 13.3 Å². The van der Waals surface area contributed by atoms with Crippen molar-refractivity contribution in [2.45, 2.75) is 6.04 Å². The molecule has 1 heterocycles. The molecular formula is C9H12N2O2. The van der Waals surface area contributed by atoms with Gasteiger partial charge in [0.05, 0.1) is 0 Å². The highest BCUT2D eigenvalue weighted by atomic mass is 16.7. The second-order valence-corrected chi connectivity index (χ2v) is 2.92. The molecule has 0 saturated carbocycles. The van der Waals surface area contributed by atoms with Crippen molar-refractivity contribution in [3.05, 3.63) is 23.8 Å². The minimum Gasteiger partial charge on any atom is -0.454 e. The second-order valence-electron chi connectivity index (χ2n) is 2.92. The van der Waals surface area contributed by atoms with Gasteiger partial charge in [-0.05, 0) is 6.07 Å². The Morgan fingerprint density at radius 2 is 2.23 bits per heavy atom. The summed E-state index contributed by atoms with van der Waals surface area (Å²) in [4.78, 5) is 0. The molecule has 0 aromatic heterocycles. The van der Waals surface area contributed by atoms with Crippen molar-refractivity contribution < 1.29 is 9.47 Å². The monoisotopic (exact) mass is 180 g/mol. The van der Waals surface area contributed by atoms with Crippen LogP contribution in [0.15, 0.2) is 18.2 Å². The molecule has 0 bridgehead atoms. The van der Waals surface area contributed by atoms with E-state index in [0.29, 0.717) is 6.54 Å². The fourth-order valence-corrected chi connectivity index (χ4v) is 1.37. The first-order valence-corrected chi connectivity index (χ1v) is 4.17. The Morgan fingerprint density at radius 1 is 1.38 bits per heavy atom. The van der Waals surface area contributed by atoms with Gasteiger partial charge in [-0.1, -0.05) is 12.1 Å². The molecule has 0 fully saturated rings. The van der Waals surface area contributed by atoms with Crippen molar-refractivity contribution in [1.29, 1.82) is 0 Å². The van der Waals surface area contributed by atoms with Gasteiger partial charge in [-0.25, -0.2) is 0 Å². The van der Waals surface area contributed by atoms with Crippen molar-refractivity contribution in [3.8, 4) is 11.5 Å². The summed E-state index contributed by atoms with van der Waals surface area (Å²) in [6.07, 6.45) is 0. The SMILES string of the molecule is NC[C@@H](N)c1cccc2c1OCO2. The summed E-state index contributed by atoms with van der Waals surface area (Å²) in [7, 11) is 0. The zero-order valence-corrected chi connectivity index (χ0v) is 7.19. The maximum absolute atomic E-state index is 5.81. The summed E-state index contributed by atoms with van der Waals surface area (Å²) >= 11 is 0. The van der Waals surface area contributed by atoms with Crippen LogP contribution in [0.3, 0.4) is 0 Å². The van der Waals surface area contributed by atoms with Gasteiger partial charge in [0, 0.05) is 18.2 Å². The first kappa shape index (κ1) is 8.34. The molecule has 13 heavy (non-hydrogen) atoms. The van der Waals surface area contributed by atoms with E-state index in [1.54, 1.807) is 0 Å². The van der Waals surface area contributed by atoms with Crippen LogP contribution in [0.5, 0.6) is 11.5 Å². The van der Waals surface area contributed by atoms with Crippen molar-refractivity contribution in [2.24, 2.45) is 11.5 Å². The number of hydrogen-bond acceptors (Lipinski definition) is 4. The van der Waals surface area contributed by atoms with E-state index in [1.165, 1.54) is 0 Å². The molecule has 0 unspecified atom stereocenters. The standard InChI is InChI=1S/C9H12N2O2/c10-4-7(11)6-2-1-3-8-9(6)13-5-12-8/h1-3,7H,4-5,10-11H2/t7-/m1/s1. The van der Waals surface area contributed by atoms with Crippen LogP contribution in [0.2, 0.25) is 0 Å². The summed E-state index contributed by atoms with van der Waals surface area (Å²) < 4.78 is 10.5. The van der Waals surface area contributed by atoms with E-state index in [1.807, 2.05) is 18.2 Å². The normalized spacial score (nSPS) is 15.8. The predicted octanol–water partition coefficient (Wildman–Crippen LogP) is 0.374. The first-order chi connectivity index (χ1) is 6.33. The van der Waals surface area contributed by atoms with Crippen molar-refractivity contribution in [3.63, 3.8) is 0 Å². The molecule has 1 atom stereocenters. The minimum absolute atomic E-state index is 0.184. The molecule has 0 aliphatic carbocycles. The first-order valence-electron chi connectivity index (χ1n) is 4.17. The zero-order valence-electron chi connectivity index (χ0n) is 7.19. The summed E-state index contributed by atoms with van der Waals surface area (Å²) in [5.41, 5.74) is 12.2. The average molecular weight is 180 g/mol. The molecule has 4 N–H and O–H groups in total. The van der Waals surface area contributed by atoms with Crippen molar-refractivity contribution >= 4 is 0 Å². The average Bonchev–Trinajstić information content (AvgIpc) is 2.63. The third kappa shape index (κ3) is 1.34. The lowest BCUT2D eigenvalue weighted by atomic mass is 10.1. The molecule has 0 radical (unpaired) electrons. The van der Waals surface area contributed by atoms with Crippen LogP contribution in [0.1, 0.15) is 11.6 Å². The summed E-state index contributed by atoms with van der Waals surface area (Å²) in [6, 6.07) is 5.47. The third-order valence-corrected chi connectivity index (χ3v) is 2.08. The topological polar surface area (TPSA) is 70.5 Å². The molecule has 4 heteroatoms. The van der Waals surface area contributed by atoms with Gasteiger partial charge in [0.2, 0.25) is 6.79 Å². The Kier molecular flexibility index (Phi) is 2.08. The summed E-state index contributed by atoms with van der Waals surface area (Å²) in [5.74, 6) is 1.49. The molecule has 0 saturated heterocycles. The van der Waals surface area contributed by atoms with Crippen LogP contribution in [0.25, 0.3) is 0 Å². The Bertz CT molecular complexity index is 314. The van der Waals surface area contributed by atoms with Gasteiger partial charge in [-0.15, -0.1) is 0 Å². The van der Waals surface area contributed by atoms with Gasteiger partial charge in [0.15, 0.2) is 11.5 Å². The Morgan fingerprint density at radius 3 is 3.00 bits per heavy atom. The van der Waals surface area contributed by atoms with Crippen LogP contribution >= 0.6 is 0 Å². The molecule has 1 aromatic rings. The number of hydrogen-bond donors (Lipinski definition) is 2. The van der Waals surface area contributed by atoms with E-state index in [9.17, 15) is 0 Å². The van der Waals surface area contributed by atoms with Gasteiger partial charge < -0.3 is 20.9 Å². The number of para-hydroxylation sites is 1. The zero-order chi connectivity index (χ0) is 9.26. The fraction of sp³-hybridized carbons (Fsp3) is 0.333. The highest BCUT2D eigenvalue weighted by Gasteiger charge is 2.19. The Balaban J connectivity index is 2.41. The van der Waals surface area contributed by atoms with Gasteiger partial charge in [-0.3, -0.25) is 0 Å². The highest BCUT2D eigenvalue weighted by Crippen LogP contribution is 2.37. The Labute approximate surface area is 76.4 Å². The lowest BCUT2D eigenvalue weighted by Gasteiger charge is -2.11. The smallest absolute Gasteiger partial charge is 0.231 e. The van der Waals surface area contributed by atoms with E-state index in [0.717, 1.165) is 17.1 Å². The number of benzene rings is 1. The molecular weight excluding hydrogens is 168 g/mol.